The molecule has 0 saturated heterocycles. The molecular weight excluding hydrogens is 597 g/mol. The molecule has 0 saturated carbocycles. The summed E-state index contributed by atoms with van der Waals surface area (Å²) in [5.74, 6) is 0.156. The lowest BCUT2D eigenvalue weighted by molar-refractivity contribution is 1.07. The zero-order valence-electron chi connectivity index (χ0n) is 37.7. The first-order chi connectivity index (χ1) is 29.3. The molecule has 230 valence electrons. The van der Waals surface area contributed by atoms with Crippen molar-refractivity contribution in [2.45, 2.75) is 0 Å². The van der Waals surface area contributed by atoms with Crippen molar-refractivity contribution < 1.29 is 16.4 Å². The Morgan fingerprint density at radius 2 is 0.857 bits per heavy atom. The van der Waals surface area contributed by atoms with Gasteiger partial charge in [-0.05, 0) is 46.4 Å². The van der Waals surface area contributed by atoms with Crippen LogP contribution in [0, 0.1) is 0 Å². The summed E-state index contributed by atoms with van der Waals surface area (Å²) in [5.41, 5.74) is 3.97. The van der Waals surface area contributed by atoms with Crippen molar-refractivity contribution in [3.63, 3.8) is 0 Å². The van der Waals surface area contributed by atoms with Gasteiger partial charge in [-0.25, -0.2) is 15.0 Å². The second kappa shape index (κ2) is 12.2. The van der Waals surface area contributed by atoms with Crippen LogP contribution in [-0.4, -0.2) is 19.5 Å². The Balaban J connectivity index is 1.34. The zero-order chi connectivity index (χ0) is 43.0. The largest absolute Gasteiger partial charge is 0.309 e. The third-order valence-electron chi connectivity index (χ3n) is 8.28. The lowest BCUT2D eigenvalue weighted by atomic mass is 9.99. The molecular formula is C45H30N4. The molecule has 49 heavy (non-hydrogen) atoms. The maximum Gasteiger partial charge on any atom is 0.166 e. The van der Waals surface area contributed by atoms with Gasteiger partial charge in [-0.15, -0.1) is 0 Å². The Bertz CT molecular complexity index is 3220. The number of benzene rings is 7. The first-order valence-corrected chi connectivity index (χ1v) is 15.5. The number of para-hydroxylation sites is 3. The summed E-state index contributed by atoms with van der Waals surface area (Å²) in [6.45, 7) is 0. The molecule has 0 aliphatic heterocycles. The van der Waals surface area contributed by atoms with Crippen molar-refractivity contribution in [2.75, 3.05) is 0 Å². The summed E-state index contributed by atoms with van der Waals surface area (Å²) in [6.07, 6.45) is 0. The summed E-state index contributed by atoms with van der Waals surface area (Å²) in [4.78, 5) is 14.5. The van der Waals surface area contributed by atoms with Crippen LogP contribution in [0.4, 0.5) is 0 Å². The summed E-state index contributed by atoms with van der Waals surface area (Å²) >= 11 is 0. The average Bonchev–Trinajstić information content (AvgIpc) is 3.64. The highest BCUT2D eigenvalue weighted by atomic mass is 15.0. The van der Waals surface area contributed by atoms with Gasteiger partial charge in [-0.1, -0.05) is 158 Å². The van der Waals surface area contributed by atoms with Crippen LogP contribution in [0.3, 0.4) is 0 Å². The average molecular weight is 639 g/mol. The lowest BCUT2D eigenvalue weighted by Crippen LogP contribution is -2.02. The summed E-state index contributed by atoms with van der Waals surface area (Å²) in [6, 6.07) is 26.9. The van der Waals surface area contributed by atoms with Gasteiger partial charge in [0.2, 0.25) is 0 Å². The van der Waals surface area contributed by atoms with Crippen LogP contribution in [0.1, 0.15) is 16.4 Å². The van der Waals surface area contributed by atoms with Crippen LogP contribution in [0.25, 0.3) is 83.9 Å². The second-order valence-corrected chi connectivity index (χ2v) is 11.2. The molecule has 0 unspecified atom stereocenters. The summed E-state index contributed by atoms with van der Waals surface area (Å²) < 4.78 is 107. The summed E-state index contributed by atoms with van der Waals surface area (Å²) in [5, 5.41) is -0.451. The highest BCUT2D eigenvalue weighted by Gasteiger charge is 2.19. The van der Waals surface area contributed by atoms with Crippen molar-refractivity contribution in [1.82, 2.24) is 19.5 Å². The molecule has 4 nitrogen and oxygen atoms in total. The van der Waals surface area contributed by atoms with Gasteiger partial charge in [0, 0.05) is 33.2 Å². The van der Waals surface area contributed by atoms with Gasteiger partial charge in [0.25, 0.3) is 0 Å². The molecule has 7 aromatic carbocycles. The number of aromatic nitrogens is 4. The van der Waals surface area contributed by atoms with Gasteiger partial charge in [-0.2, -0.15) is 0 Å². The minimum atomic E-state index is -0.716. The van der Waals surface area contributed by atoms with E-state index < -0.39 is 78.2 Å². The van der Waals surface area contributed by atoms with Crippen molar-refractivity contribution >= 4 is 21.8 Å². The number of hydrogen-bond donors (Lipinski definition) is 0. The monoisotopic (exact) mass is 638 g/mol. The summed E-state index contributed by atoms with van der Waals surface area (Å²) in [7, 11) is 0. The van der Waals surface area contributed by atoms with Crippen LogP contribution in [-0.2, 0) is 0 Å². The van der Waals surface area contributed by atoms with Crippen molar-refractivity contribution in [1.29, 1.82) is 0 Å². The van der Waals surface area contributed by atoms with Gasteiger partial charge in [-0.3, -0.25) is 0 Å². The number of fused-ring (bicyclic) bond motifs is 3. The smallest absolute Gasteiger partial charge is 0.166 e. The van der Waals surface area contributed by atoms with Crippen molar-refractivity contribution in [2.24, 2.45) is 0 Å². The molecule has 4 heteroatoms. The van der Waals surface area contributed by atoms with Crippen molar-refractivity contribution in [3.8, 4) is 62.1 Å². The molecule has 0 bridgehead atoms. The Morgan fingerprint density at radius 1 is 0.388 bits per heavy atom. The van der Waals surface area contributed by atoms with Gasteiger partial charge in [0.05, 0.1) is 27.5 Å². The van der Waals surface area contributed by atoms with Crippen LogP contribution in [0.5, 0.6) is 0 Å². The number of rotatable bonds is 6. The van der Waals surface area contributed by atoms with Gasteiger partial charge < -0.3 is 4.57 Å². The van der Waals surface area contributed by atoms with E-state index in [-0.39, 0.29) is 44.8 Å². The Hall–Kier alpha value is -6.65. The molecule has 0 aliphatic carbocycles. The number of hydrogen-bond acceptors (Lipinski definition) is 3. The Morgan fingerprint density at radius 3 is 1.49 bits per heavy atom. The molecule has 0 spiro atoms. The van der Waals surface area contributed by atoms with E-state index in [4.69, 9.17) is 30.0 Å². The van der Waals surface area contributed by atoms with Crippen LogP contribution < -0.4 is 0 Å². The van der Waals surface area contributed by atoms with E-state index in [1.54, 1.807) is 24.3 Å². The molecule has 0 radical (unpaired) electrons. The van der Waals surface area contributed by atoms with Gasteiger partial charge in [0.15, 0.2) is 17.5 Å². The fourth-order valence-electron chi connectivity index (χ4n) is 5.94. The van der Waals surface area contributed by atoms with E-state index in [9.17, 15) is 1.37 Å². The van der Waals surface area contributed by atoms with Crippen molar-refractivity contribution in [3.05, 3.63) is 182 Å². The van der Waals surface area contributed by atoms with E-state index in [1.165, 1.54) is 0 Å². The molecule has 0 fully saturated rings. The van der Waals surface area contributed by atoms with E-state index in [0.29, 0.717) is 11.1 Å². The lowest BCUT2D eigenvalue weighted by Gasteiger charge is -2.13. The molecule has 9 rings (SSSR count). The highest BCUT2D eigenvalue weighted by molar-refractivity contribution is 6.13. The fraction of sp³-hybridized carbons (Fsp3) is 0. The molecule has 0 aliphatic rings. The predicted molar refractivity (Wildman–Crippen MR) is 201 cm³/mol. The maximum absolute atomic E-state index is 9.36. The first kappa shape index (κ1) is 18.6. The van der Waals surface area contributed by atoms with Crippen LogP contribution >= 0.6 is 0 Å². The number of nitrogens with zero attached hydrogens (tertiary/aromatic N) is 4. The highest BCUT2D eigenvalue weighted by Crippen LogP contribution is 2.38. The minimum Gasteiger partial charge on any atom is -0.309 e. The third-order valence-corrected chi connectivity index (χ3v) is 8.28. The maximum atomic E-state index is 9.36. The SMILES string of the molecule is [2H]c1c([2H])c([2H])c(-n2c3c([2H])c([2H])c([2H])c([2H])c3c3c([2H])c([2H])c([2H])c(-c4nc(-c5ccccc5)nc(-c5ccc(-c6ccc(-c7ccccc7)cc6)cc5)n4)c32)c([2H])c1[2H]. The van der Waals surface area contributed by atoms with E-state index >= 15 is 0 Å². The molecule has 2 aromatic heterocycles. The van der Waals surface area contributed by atoms with Gasteiger partial charge in [0.1, 0.15) is 0 Å². The molecule has 9 aromatic rings. The standard InChI is InChI=1S/C45H30N4/c1-4-13-31(14-5-1)32-23-25-33(26-24-32)34-27-29-36(30-28-34)44-46-43(35-15-6-2-7-16-35)47-45(48-44)40-21-12-20-39-38-19-10-11-22-41(38)49(42(39)40)37-17-8-3-9-18-37/h1-30H/i3D,8D,9D,10D,11D,12D,17D,18D,19D,20D,21D,22D. The zero-order valence-corrected chi connectivity index (χ0v) is 25.7. The van der Waals surface area contributed by atoms with Crippen LogP contribution in [0.2, 0.25) is 0 Å². The normalized spacial score (nSPS) is 14.7. The second-order valence-electron chi connectivity index (χ2n) is 11.2. The predicted octanol–water partition coefficient (Wildman–Crippen LogP) is 11.3. The Kier molecular flexibility index (Phi) is 4.63. The molecule has 2 heterocycles. The topological polar surface area (TPSA) is 43.6 Å². The molecule has 0 N–H and O–H groups in total. The minimum absolute atomic E-state index is 0.165. The van der Waals surface area contributed by atoms with E-state index in [0.717, 1.165) is 26.8 Å². The van der Waals surface area contributed by atoms with Gasteiger partial charge >= 0.3 is 0 Å². The van der Waals surface area contributed by atoms with Crippen LogP contribution in [0.15, 0.2) is 182 Å². The van der Waals surface area contributed by atoms with E-state index in [1.807, 2.05) is 72.8 Å². The van der Waals surface area contributed by atoms with E-state index in [2.05, 4.69) is 12.1 Å². The first-order valence-electron chi connectivity index (χ1n) is 21.5. The molecule has 0 amide bonds. The third kappa shape index (κ3) is 5.26. The quantitative estimate of drug-likeness (QED) is 0.182. The fourth-order valence-corrected chi connectivity index (χ4v) is 5.94. The molecule has 0 atom stereocenters. The Labute approximate surface area is 301 Å².